The van der Waals surface area contributed by atoms with Crippen molar-refractivity contribution >= 4 is 46.2 Å². The molecule has 10 rings (SSSR count). The molecule has 4 heterocycles. The number of piperidine rings is 2. The van der Waals surface area contributed by atoms with Crippen LogP contribution in [0.1, 0.15) is 71.9 Å². The second-order valence-corrected chi connectivity index (χ2v) is 20.0. The number of phenols is 1. The topological polar surface area (TPSA) is 146 Å². The van der Waals surface area contributed by atoms with Crippen molar-refractivity contribution in [1.82, 2.24) is 19.9 Å². The first-order valence-corrected chi connectivity index (χ1v) is 27.0. The summed E-state index contributed by atoms with van der Waals surface area (Å²) in [5.41, 5.74) is 9.00. The molecular weight excluding hydrogens is 1030 g/mol. The lowest BCUT2D eigenvalue weighted by molar-refractivity contribution is -0.114. The number of allylic oxidation sites excluding steroid dienone is 2. The number of rotatable bonds is 19. The smallest absolute Gasteiger partial charge is 0.227 e. The zero-order chi connectivity index (χ0) is 56.8. The Morgan fingerprint density at radius 2 is 1.02 bits per heavy atom. The number of aromatic hydroxyl groups is 1. The number of halogens is 4. The predicted molar refractivity (Wildman–Crippen MR) is 311 cm³/mol. The number of methoxy groups -OCH3 is 1. The van der Waals surface area contributed by atoms with Crippen LogP contribution in [0.2, 0.25) is 0 Å². The van der Waals surface area contributed by atoms with Gasteiger partial charge < -0.3 is 30.3 Å². The molecule has 0 atom stereocenters. The van der Waals surface area contributed by atoms with Crippen molar-refractivity contribution in [2.45, 2.75) is 64.2 Å². The minimum atomic E-state index is -0.493. The van der Waals surface area contributed by atoms with E-state index in [1.807, 2.05) is 36.4 Å². The highest BCUT2D eigenvalue weighted by molar-refractivity contribution is 5.91. The molecule has 6 aromatic carbocycles. The maximum Gasteiger partial charge on any atom is 0.227 e. The van der Waals surface area contributed by atoms with E-state index in [-0.39, 0.29) is 52.9 Å². The third kappa shape index (κ3) is 14.7. The average Bonchev–Trinajstić information content (AvgIpc) is 3.48. The van der Waals surface area contributed by atoms with Gasteiger partial charge in [-0.05, 0) is 170 Å². The number of aromatic nitrogens is 4. The molecule has 12 nitrogen and oxygen atoms in total. The Labute approximate surface area is 469 Å². The summed E-state index contributed by atoms with van der Waals surface area (Å²) in [6, 6.07) is 32.9. The fourth-order valence-electron chi connectivity index (χ4n) is 10.1. The summed E-state index contributed by atoms with van der Waals surface area (Å²) in [6.45, 7) is 10.7. The Hall–Kier alpha value is -9.18. The van der Waals surface area contributed by atoms with Crippen molar-refractivity contribution in [2.24, 2.45) is 0 Å². The number of nitrogens with one attached hydrogen (secondary N) is 2. The summed E-state index contributed by atoms with van der Waals surface area (Å²) >= 11 is 0. The fraction of sp³-hybridized carbons (Fsp3) is 0.231. The lowest BCUT2D eigenvalue weighted by Crippen LogP contribution is -2.29. The quantitative estimate of drug-likeness (QED) is 0.0402. The molecule has 0 bridgehead atoms. The van der Waals surface area contributed by atoms with Gasteiger partial charge in [-0.3, -0.25) is 9.59 Å². The molecule has 3 N–H and O–H groups in total. The fourth-order valence-corrected chi connectivity index (χ4v) is 10.1. The van der Waals surface area contributed by atoms with Crippen LogP contribution in [0.25, 0.3) is 22.5 Å². The van der Waals surface area contributed by atoms with Crippen LogP contribution >= 0.6 is 0 Å². The van der Waals surface area contributed by atoms with Crippen LogP contribution in [-0.4, -0.2) is 69.9 Å². The Bertz CT molecular complexity index is 3580. The Kier molecular flexibility index (Phi) is 18.6. The highest BCUT2D eigenvalue weighted by Gasteiger charge is 2.21. The molecule has 2 saturated heterocycles. The van der Waals surface area contributed by atoms with E-state index >= 15 is 0 Å². The first kappa shape index (κ1) is 56.5. The maximum absolute atomic E-state index is 14.6. The van der Waals surface area contributed by atoms with Gasteiger partial charge in [-0.25, -0.2) is 37.5 Å². The number of nitrogens with zero attached hydrogens (tertiary/aromatic N) is 6. The number of ether oxygens (including phenoxy) is 1. The number of carbonyl (C=O) groups is 2. The van der Waals surface area contributed by atoms with Gasteiger partial charge in [0, 0.05) is 97.9 Å². The van der Waals surface area contributed by atoms with Gasteiger partial charge in [-0.2, -0.15) is 0 Å². The Morgan fingerprint density at radius 3 is 1.48 bits per heavy atom. The zero-order valence-electron chi connectivity index (χ0n) is 45.0. The van der Waals surface area contributed by atoms with E-state index in [2.05, 4.69) is 43.6 Å². The van der Waals surface area contributed by atoms with Gasteiger partial charge in [0.1, 0.15) is 34.8 Å². The Morgan fingerprint density at radius 1 is 0.568 bits per heavy atom. The van der Waals surface area contributed by atoms with Gasteiger partial charge in [0.05, 0.1) is 29.9 Å². The molecule has 2 aliphatic heterocycles. The van der Waals surface area contributed by atoms with E-state index in [1.54, 1.807) is 68.0 Å². The molecule has 0 amide bonds. The SMILES string of the molecule is C=CC(=O)Cc1cc(-c2nc(Nc3ccc(O)c(N4CCCCC4)c3)ncc2Cc2cccc(F)c2)ccc1F.C=CC(=O)Cc1cc(-c2nc(Nc3ccc(OC)c(N4CCCCC4)c3)ncc2Cc2cccc(F)c2)ccc1F. The van der Waals surface area contributed by atoms with Crippen LogP contribution in [0.15, 0.2) is 159 Å². The van der Waals surface area contributed by atoms with E-state index in [4.69, 9.17) is 14.7 Å². The first-order chi connectivity index (χ1) is 39.3. The molecule has 0 saturated carbocycles. The average molecular weight is 1100 g/mol. The van der Waals surface area contributed by atoms with E-state index in [0.717, 1.165) is 91.4 Å². The predicted octanol–water partition coefficient (Wildman–Crippen LogP) is 13.8. The van der Waals surface area contributed by atoms with Gasteiger partial charge in [0.25, 0.3) is 0 Å². The molecule has 0 spiro atoms. The molecule has 0 radical (unpaired) electrons. The summed E-state index contributed by atoms with van der Waals surface area (Å²) < 4.78 is 62.6. The third-order valence-electron chi connectivity index (χ3n) is 14.2. The molecule has 2 fully saturated rings. The lowest BCUT2D eigenvalue weighted by Gasteiger charge is -2.30. The number of anilines is 6. The van der Waals surface area contributed by atoms with Crippen molar-refractivity contribution in [1.29, 1.82) is 0 Å². The normalized spacial score (nSPS) is 13.1. The number of benzene rings is 6. The van der Waals surface area contributed by atoms with Crippen LogP contribution in [0.4, 0.5) is 52.2 Å². The van der Waals surface area contributed by atoms with Crippen LogP contribution in [0, 0.1) is 23.3 Å². The number of hydrogen-bond donors (Lipinski definition) is 3. The third-order valence-corrected chi connectivity index (χ3v) is 14.2. The summed E-state index contributed by atoms with van der Waals surface area (Å²) in [4.78, 5) is 47.1. The highest BCUT2D eigenvalue weighted by Crippen LogP contribution is 2.37. The second kappa shape index (κ2) is 26.6. The van der Waals surface area contributed by atoms with Crippen LogP contribution < -0.4 is 25.2 Å². The summed E-state index contributed by atoms with van der Waals surface area (Å²) in [7, 11) is 1.67. The minimum absolute atomic E-state index is 0.107. The van der Waals surface area contributed by atoms with Crippen LogP contribution in [-0.2, 0) is 35.3 Å². The summed E-state index contributed by atoms with van der Waals surface area (Å²) in [6.07, 6.45) is 13.0. The van der Waals surface area contributed by atoms with Crippen LogP contribution in [0.3, 0.4) is 0 Å². The molecule has 8 aromatic rings. The minimum Gasteiger partial charge on any atom is -0.506 e. The zero-order valence-corrected chi connectivity index (χ0v) is 45.0. The van der Waals surface area contributed by atoms with Gasteiger partial charge in [0.15, 0.2) is 11.6 Å². The van der Waals surface area contributed by atoms with Crippen molar-refractivity contribution in [3.63, 3.8) is 0 Å². The second-order valence-electron chi connectivity index (χ2n) is 20.0. The lowest BCUT2D eigenvalue weighted by atomic mass is 9.98. The van der Waals surface area contributed by atoms with Crippen molar-refractivity contribution in [2.75, 3.05) is 53.7 Å². The van der Waals surface area contributed by atoms with Crippen LogP contribution in [0.5, 0.6) is 11.5 Å². The standard InChI is InChI=1S/C33H32F2N4O2.C32H30F2N4O2/c1-3-28(40)19-24-18-23(10-12-29(24)35)32-25(16-22-8-7-9-26(34)17-22)21-36-33(38-32)37-27-11-13-31(41-2)30(20-27)39-14-5-4-6-15-39;1-2-27(39)18-23-17-22(9-11-28(23)34)31-24(15-21-7-6-8-25(33)16-21)20-35-32(37-31)36-26-10-12-30(40)29(19-26)38-13-4-3-5-14-38/h3,7-13,17-18,20-21H,1,4-6,14-16,19H2,2H3,(H,36,37,38);2,6-12,16-17,19-20,40H,1,3-5,13-15,18H2,(H,35,36,37). The van der Waals surface area contributed by atoms with Crippen molar-refractivity contribution in [3.05, 3.63) is 216 Å². The highest BCUT2D eigenvalue weighted by atomic mass is 19.1. The molecule has 81 heavy (non-hydrogen) atoms. The Balaban J connectivity index is 0.000000196. The molecule has 0 unspecified atom stereocenters. The summed E-state index contributed by atoms with van der Waals surface area (Å²) in [5.74, 6) is -0.551. The molecular formula is C65H62F4N8O4. The molecule has 2 aromatic heterocycles. The van der Waals surface area contributed by atoms with Crippen molar-refractivity contribution in [3.8, 4) is 34.0 Å². The maximum atomic E-state index is 14.6. The van der Waals surface area contributed by atoms with Gasteiger partial charge in [-0.1, -0.05) is 37.4 Å². The summed E-state index contributed by atoms with van der Waals surface area (Å²) in [5, 5.41) is 17.0. The number of carbonyl (C=O) groups excluding carboxylic acids is 2. The van der Waals surface area contributed by atoms with E-state index < -0.39 is 11.6 Å². The first-order valence-electron chi connectivity index (χ1n) is 27.0. The van der Waals surface area contributed by atoms with E-state index in [0.29, 0.717) is 58.5 Å². The number of hydrogen-bond acceptors (Lipinski definition) is 12. The van der Waals surface area contributed by atoms with E-state index in [9.17, 15) is 32.3 Å². The number of phenolic OH excluding ortho intramolecular Hbond substituents is 1. The molecule has 2 aliphatic rings. The monoisotopic (exact) mass is 1090 g/mol. The molecule has 16 heteroatoms. The number of ketones is 2. The van der Waals surface area contributed by atoms with Gasteiger partial charge in [-0.15, -0.1) is 0 Å². The molecule has 0 aliphatic carbocycles. The van der Waals surface area contributed by atoms with Gasteiger partial charge in [0.2, 0.25) is 11.9 Å². The van der Waals surface area contributed by atoms with E-state index in [1.165, 1.54) is 61.4 Å². The van der Waals surface area contributed by atoms with Gasteiger partial charge >= 0.3 is 0 Å². The van der Waals surface area contributed by atoms with Crippen molar-refractivity contribution < 1.29 is 37.0 Å². The molecule has 414 valence electrons. The largest absolute Gasteiger partial charge is 0.506 e.